The highest BCUT2D eigenvalue weighted by atomic mass is 80.0. The van der Waals surface area contributed by atoms with Gasteiger partial charge in [-0.3, -0.25) is 0 Å². The quantitative estimate of drug-likeness (QED) is 0.298. The summed E-state index contributed by atoms with van der Waals surface area (Å²) in [6.45, 7) is 3.82. The first-order chi connectivity index (χ1) is 4.15. The summed E-state index contributed by atoms with van der Waals surface area (Å²) in [6, 6.07) is 0. The molecule has 60 valence electrons. The summed E-state index contributed by atoms with van der Waals surface area (Å²) in [5, 5.41) is 0. The SMILES string of the molecule is C=C(C(Br)(Br)Br)C(Br)(Br)Br. The van der Waals surface area contributed by atoms with Crippen LogP contribution in [-0.2, 0) is 0 Å². The Morgan fingerprint density at radius 1 is 0.800 bits per heavy atom. The first-order valence-electron chi connectivity index (χ1n) is 1.99. The van der Waals surface area contributed by atoms with Crippen molar-refractivity contribution in [2.75, 3.05) is 0 Å². The molecule has 0 spiro atoms. The third-order valence-corrected chi connectivity index (χ3v) is 3.56. The van der Waals surface area contributed by atoms with E-state index in [2.05, 4.69) is 102 Å². The van der Waals surface area contributed by atoms with Crippen molar-refractivity contribution in [3.8, 4) is 0 Å². The fourth-order valence-electron chi connectivity index (χ4n) is 0.161. The summed E-state index contributed by atoms with van der Waals surface area (Å²) < 4.78 is -0.910. The first kappa shape index (κ1) is 12.6. The second-order valence-electron chi connectivity index (χ2n) is 1.47. The van der Waals surface area contributed by atoms with Crippen LogP contribution in [0.15, 0.2) is 12.2 Å². The molecular weight excluding hydrogens is 527 g/mol. The van der Waals surface area contributed by atoms with E-state index in [-0.39, 0.29) is 0 Å². The van der Waals surface area contributed by atoms with Crippen molar-refractivity contribution in [3.05, 3.63) is 12.2 Å². The second-order valence-corrected chi connectivity index (χ2v) is 15.0. The van der Waals surface area contributed by atoms with Crippen LogP contribution < -0.4 is 0 Å². The van der Waals surface area contributed by atoms with Gasteiger partial charge in [0.15, 0.2) is 4.29 Å². The molecule has 0 N–H and O–H groups in total. The Balaban J connectivity index is 4.40. The van der Waals surface area contributed by atoms with Gasteiger partial charge in [-0.2, -0.15) is 0 Å². The summed E-state index contributed by atoms with van der Waals surface area (Å²) in [4.78, 5) is 0. The summed E-state index contributed by atoms with van der Waals surface area (Å²) in [7, 11) is 0. The molecule has 0 aromatic rings. The smallest absolute Gasteiger partial charge is 0.0936 e. The highest BCUT2D eigenvalue weighted by molar-refractivity contribution is 9.41. The van der Waals surface area contributed by atoms with E-state index in [9.17, 15) is 0 Å². The second kappa shape index (κ2) is 4.22. The number of rotatable bonds is 0. The van der Waals surface area contributed by atoms with Crippen LogP contribution in [0.5, 0.6) is 0 Å². The van der Waals surface area contributed by atoms with Crippen LogP contribution >= 0.6 is 95.6 Å². The molecule has 0 aromatic heterocycles. The zero-order valence-corrected chi connectivity index (χ0v) is 14.0. The molecule has 0 atom stereocenters. The Hall–Kier alpha value is 2.62. The van der Waals surface area contributed by atoms with Crippen molar-refractivity contribution in [1.29, 1.82) is 0 Å². The van der Waals surface area contributed by atoms with Crippen LogP contribution in [0.2, 0.25) is 0 Å². The predicted molar refractivity (Wildman–Crippen MR) is 68.2 cm³/mol. The van der Waals surface area contributed by atoms with Gasteiger partial charge in [-0.25, -0.2) is 0 Å². The molecule has 0 aliphatic carbocycles. The topological polar surface area (TPSA) is 0 Å². The maximum Gasteiger partial charge on any atom is 0.158 e. The molecule has 0 heterocycles. The molecule has 6 heteroatoms. The Bertz CT molecular complexity index is 121. The van der Waals surface area contributed by atoms with Gasteiger partial charge in [0.2, 0.25) is 0 Å². The number of hydrogen-bond donors (Lipinski definition) is 0. The van der Waals surface area contributed by atoms with Crippen LogP contribution in [0, 0.1) is 0 Å². The van der Waals surface area contributed by atoms with Gasteiger partial charge in [-0.1, -0.05) is 102 Å². The lowest BCUT2D eigenvalue weighted by Gasteiger charge is -2.23. The van der Waals surface area contributed by atoms with Gasteiger partial charge >= 0.3 is 0 Å². The number of alkyl halides is 6. The fraction of sp³-hybridized carbons (Fsp3) is 0.500. The molecular formula is C4H2Br6. The Kier molecular flexibility index (Phi) is 5.33. The monoisotopic (exact) mass is 524 g/mol. The normalized spacial score (nSPS) is 13.4. The van der Waals surface area contributed by atoms with E-state index in [1.54, 1.807) is 0 Å². The van der Waals surface area contributed by atoms with E-state index in [1.807, 2.05) is 0 Å². The van der Waals surface area contributed by atoms with E-state index in [1.165, 1.54) is 0 Å². The highest BCUT2D eigenvalue weighted by Crippen LogP contribution is 2.52. The summed E-state index contributed by atoms with van der Waals surface area (Å²) in [6.07, 6.45) is 0. The van der Waals surface area contributed by atoms with Gasteiger partial charge in [0, 0.05) is 0 Å². The van der Waals surface area contributed by atoms with E-state index < -0.39 is 4.29 Å². The van der Waals surface area contributed by atoms with Crippen molar-refractivity contribution in [2.45, 2.75) is 4.29 Å². The van der Waals surface area contributed by atoms with Gasteiger partial charge in [-0.05, 0) is 5.57 Å². The van der Waals surface area contributed by atoms with Crippen molar-refractivity contribution in [2.24, 2.45) is 0 Å². The number of allylic oxidation sites excluding steroid dienone is 1. The average molecular weight is 529 g/mol. The molecule has 0 aromatic carbocycles. The molecule has 0 saturated carbocycles. The lowest BCUT2D eigenvalue weighted by Crippen LogP contribution is -2.16. The molecule has 0 unspecified atom stereocenters. The van der Waals surface area contributed by atoms with Crippen LogP contribution in [0.25, 0.3) is 0 Å². The van der Waals surface area contributed by atoms with E-state index in [4.69, 9.17) is 0 Å². The third kappa shape index (κ3) is 4.60. The van der Waals surface area contributed by atoms with E-state index in [0.29, 0.717) is 0 Å². The van der Waals surface area contributed by atoms with E-state index >= 15 is 0 Å². The minimum absolute atomic E-state index is 0.455. The molecule has 0 nitrogen and oxygen atoms in total. The average Bonchev–Trinajstić information content (AvgIpc) is 1.59. The molecule has 0 amide bonds. The lowest BCUT2D eigenvalue weighted by molar-refractivity contribution is 1.32. The standard InChI is InChI=1S/C4H2Br6/c1-2(3(5,6)7)4(8,9)10/h1H2. The number of halogens is 6. The predicted octanol–water partition coefficient (Wildman–Crippen LogP) is 5.22. The van der Waals surface area contributed by atoms with E-state index in [0.717, 1.165) is 5.57 Å². The molecule has 0 rings (SSSR count). The van der Waals surface area contributed by atoms with Gasteiger partial charge in [0.05, 0.1) is 0 Å². The molecule has 0 radical (unpaired) electrons. The van der Waals surface area contributed by atoms with Gasteiger partial charge < -0.3 is 0 Å². The summed E-state index contributed by atoms with van der Waals surface area (Å²) >= 11 is 19.9. The largest absolute Gasteiger partial charge is 0.158 e. The van der Waals surface area contributed by atoms with Gasteiger partial charge in [0.1, 0.15) is 0 Å². The third-order valence-electron chi connectivity index (χ3n) is 0.684. The Labute approximate surface area is 110 Å². The minimum atomic E-state index is -0.455. The first-order valence-corrected chi connectivity index (χ1v) is 6.75. The molecule has 0 bridgehead atoms. The molecule has 0 aliphatic rings. The molecule has 0 aliphatic heterocycles. The van der Waals surface area contributed by atoms with Gasteiger partial charge in [-0.15, -0.1) is 0 Å². The molecule has 0 fully saturated rings. The van der Waals surface area contributed by atoms with Crippen molar-refractivity contribution < 1.29 is 0 Å². The highest BCUT2D eigenvalue weighted by Gasteiger charge is 2.35. The minimum Gasteiger partial charge on any atom is -0.0936 e. The zero-order valence-electron chi connectivity index (χ0n) is 4.47. The molecule has 10 heavy (non-hydrogen) atoms. The zero-order chi connectivity index (χ0) is 8.58. The molecule has 0 saturated heterocycles. The maximum atomic E-state index is 3.82. The van der Waals surface area contributed by atoms with Crippen LogP contribution in [0.3, 0.4) is 0 Å². The van der Waals surface area contributed by atoms with Crippen LogP contribution in [0.4, 0.5) is 0 Å². The fourth-order valence-corrected chi connectivity index (χ4v) is 4.34. The lowest BCUT2D eigenvalue weighted by atomic mass is 10.4. The Morgan fingerprint density at radius 2 is 1.00 bits per heavy atom. The summed E-state index contributed by atoms with van der Waals surface area (Å²) in [5.41, 5.74) is 0.819. The van der Waals surface area contributed by atoms with Gasteiger partial charge in [0.25, 0.3) is 0 Å². The van der Waals surface area contributed by atoms with Crippen molar-refractivity contribution >= 4 is 95.6 Å². The van der Waals surface area contributed by atoms with Crippen LogP contribution in [0.1, 0.15) is 0 Å². The van der Waals surface area contributed by atoms with Crippen molar-refractivity contribution in [1.82, 2.24) is 0 Å². The van der Waals surface area contributed by atoms with Crippen molar-refractivity contribution in [3.63, 3.8) is 0 Å². The summed E-state index contributed by atoms with van der Waals surface area (Å²) in [5.74, 6) is 0. The van der Waals surface area contributed by atoms with Crippen LogP contribution in [-0.4, -0.2) is 4.29 Å². The maximum absolute atomic E-state index is 3.82. The Morgan fingerprint density at radius 3 is 1.00 bits per heavy atom. The number of hydrogen-bond acceptors (Lipinski definition) is 0.